The van der Waals surface area contributed by atoms with E-state index in [1.54, 1.807) is 6.92 Å². The fourth-order valence-electron chi connectivity index (χ4n) is 1.38. The molecule has 0 aliphatic heterocycles. The predicted molar refractivity (Wildman–Crippen MR) is 67.6 cm³/mol. The molecule has 0 bridgehead atoms. The minimum absolute atomic E-state index is 0.0621. The van der Waals surface area contributed by atoms with Crippen molar-refractivity contribution in [1.82, 2.24) is 4.98 Å². The summed E-state index contributed by atoms with van der Waals surface area (Å²) in [5.74, 6) is -2.37. The zero-order valence-corrected chi connectivity index (χ0v) is 10.8. The minimum atomic E-state index is -1.21. The molecule has 0 aliphatic carbocycles. The molecule has 9 nitrogen and oxygen atoms in total. The van der Waals surface area contributed by atoms with E-state index in [1.165, 1.54) is 6.92 Å². The number of pyridine rings is 1. The number of carboxylic acids is 1. The number of aliphatic carboxylic acids is 1. The Balaban J connectivity index is 3.25. The van der Waals surface area contributed by atoms with Crippen molar-refractivity contribution in [2.75, 3.05) is 11.9 Å². The predicted octanol–water partition coefficient (Wildman–Crippen LogP) is 1.05. The maximum atomic E-state index is 11.6. The molecule has 2 N–H and O–H groups in total. The highest BCUT2D eigenvalue weighted by Crippen LogP contribution is 2.27. The molecular formula is C11H13N3O6. The van der Waals surface area contributed by atoms with Gasteiger partial charge in [0.1, 0.15) is 11.6 Å². The Labute approximate surface area is 113 Å². The number of nitrogens with one attached hydrogen (secondary N) is 1. The van der Waals surface area contributed by atoms with Crippen molar-refractivity contribution in [3.63, 3.8) is 0 Å². The van der Waals surface area contributed by atoms with E-state index in [0.29, 0.717) is 0 Å². The number of carbonyl (C=O) groups excluding carboxylic acids is 1. The molecule has 0 aliphatic rings. The van der Waals surface area contributed by atoms with Crippen LogP contribution in [0.5, 0.6) is 0 Å². The smallest absolute Gasteiger partial charge is 0.345 e. The van der Waals surface area contributed by atoms with Crippen LogP contribution in [0.15, 0.2) is 12.3 Å². The number of rotatable bonds is 6. The van der Waals surface area contributed by atoms with Crippen molar-refractivity contribution in [2.24, 2.45) is 0 Å². The van der Waals surface area contributed by atoms with Gasteiger partial charge in [-0.05, 0) is 19.9 Å². The first-order valence-electron chi connectivity index (χ1n) is 5.68. The van der Waals surface area contributed by atoms with Crippen LogP contribution in [0.2, 0.25) is 0 Å². The summed E-state index contributed by atoms with van der Waals surface area (Å²) in [6.07, 6.45) is 1.16. The number of anilines is 1. The summed E-state index contributed by atoms with van der Waals surface area (Å²) < 4.78 is 4.71. The largest absolute Gasteiger partial charge is 0.480 e. The second-order valence-electron chi connectivity index (χ2n) is 3.74. The number of nitro groups is 1. The lowest BCUT2D eigenvalue weighted by molar-refractivity contribution is -0.384. The number of hydrogen-bond donors (Lipinski definition) is 2. The van der Waals surface area contributed by atoms with Gasteiger partial charge in [0.05, 0.1) is 11.5 Å². The summed E-state index contributed by atoms with van der Waals surface area (Å²) in [6.45, 7) is 2.92. The molecule has 0 aromatic carbocycles. The van der Waals surface area contributed by atoms with Gasteiger partial charge in [-0.25, -0.2) is 9.78 Å². The van der Waals surface area contributed by atoms with Crippen molar-refractivity contribution >= 4 is 23.4 Å². The van der Waals surface area contributed by atoms with Crippen molar-refractivity contribution in [1.29, 1.82) is 0 Å². The summed E-state index contributed by atoms with van der Waals surface area (Å²) in [6, 6.07) is 0.0471. The number of ether oxygens (including phenoxy) is 1. The standard InChI is InChI=1S/C11H13N3O6/c1-3-20-11(17)7-4-5-12-9(8(7)14(18)19)13-6(2)10(15)16/h4-6H,3H2,1-2H3,(H,12,13)(H,15,16)/t6-/m0/s1. The van der Waals surface area contributed by atoms with Crippen LogP contribution < -0.4 is 5.32 Å². The summed E-state index contributed by atoms with van der Waals surface area (Å²) in [5, 5.41) is 22.2. The zero-order chi connectivity index (χ0) is 15.3. The average molecular weight is 283 g/mol. The average Bonchev–Trinajstić information content (AvgIpc) is 2.38. The van der Waals surface area contributed by atoms with Crippen LogP contribution in [-0.4, -0.2) is 39.6 Å². The molecule has 20 heavy (non-hydrogen) atoms. The number of carboxylic acid groups (broad SMARTS) is 1. The van der Waals surface area contributed by atoms with Crippen LogP contribution in [0, 0.1) is 10.1 Å². The monoisotopic (exact) mass is 283 g/mol. The van der Waals surface area contributed by atoms with E-state index in [1.807, 2.05) is 0 Å². The van der Waals surface area contributed by atoms with Gasteiger partial charge in [-0.3, -0.25) is 14.9 Å². The number of carbonyl (C=O) groups is 2. The lowest BCUT2D eigenvalue weighted by atomic mass is 10.2. The van der Waals surface area contributed by atoms with Crippen molar-refractivity contribution < 1.29 is 24.4 Å². The summed E-state index contributed by atoms with van der Waals surface area (Å²) in [4.78, 5) is 36.4. The first-order valence-corrected chi connectivity index (χ1v) is 5.68. The first kappa shape index (κ1) is 15.3. The quantitative estimate of drug-likeness (QED) is 0.450. The molecule has 0 amide bonds. The maximum Gasteiger partial charge on any atom is 0.345 e. The molecule has 1 heterocycles. The highest BCUT2D eigenvalue weighted by atomic mass is 16.6. The Morgan fingerprint density at radius 2 is 2.25 bits per heavy atom. The Kier molecular flexibility index (Phi) is 4.95. The van der Waals surface area contributed by atoms with Gasteiger partial charge in [-0.15, -0.1) is 0 Å². The third-order valence-corrected chi connectivity index (χ3v) is 2.33. The van der Waals surface area contributed by atoms with Gasteiger partial charge in [0.25, 0.3) is 0 Å². The molecule has 0 radical (unpaired) electrons. The molecule has 9 heteroatoms. The minimum Gasteiger partial charge on any atom is -0.480 e. The molecule has 0 fully saturated rings. The molecule has 1 aromatic rings. The third kappa shape index (κ3) is 3.40. The van der Waals surface area contributed by atoms with Crippen LogP contribution in [0.25, 0.3) is 0 Å². The number of nitrogens with zero attached hydrogens (tertiary/aromatic N) is 2. The third-order valence-electron chi connectivity index (χ3n) is 2.33. The Morgan fingerprint density at radius 1 is 1.60 bits per heavy atom. The van der Waals surface area contributed by atoms with Crippen LogP contribution in [-0.2, 0) is 9.53 Å². The van der Waals surface area contributed by atoms with E-state index in [9.17, 15) is 19.7 Å². The second-order valence-corrected chi connectivity index (χ2v) is 3.74. The molecule has 1 atom stereocenters. The zero-order valence-electron chi connectivity index (χ0n) is 10.8. The molecular weight excluding hydrogens is 270 g/mol. The molecule has 1 aromatic heterocycles. The van der Waals surface area contributed by atoms with E-state index < -0.39 is 28.6 Å². The van der Waals surface area contributed by atoms with E-state index in [4.69, 9.17) is 9.84 Å². The van der Waals surface area contributed by atoms with Gasteiger partial charge in [0, 0.05) is 6.20 Å². The van der Waals surface area contributed by atoms with Crippen LogP contribution in [0.4, 0.5) is 11.5 Å². The molecule has 0 saturated heterocycles. The van der Waals surface area contributed by atoms with Gasteiger partial charge in [0.15, 0.2) is 0 Å². The van der Waals surface area contributed by atoms with E-state index in [2.05, 4.69) is 10.3 Å². The molecule has 0 saturated carbocycles. The van der Waals surface area contributed by atoms with E-state index >= 15 is 0 Å². The Morgan fingerprint density at radius 3 is 2.75 bits per heavy atom. The van der Waals surface area contributed by atoms with Gasteiger partial charge in [0.2, 0.25) is 5.82 Å². The van der Waals surface area contributed by atoms with Crippen molar-refractivity contribution in [2.45, 2.75) is 19.9 Å². The Hall–Kier alpha value is -2.71. The van der Waals surface area contributed by atoms with Gasteiger partial charge in [-0.2, -0.15) is 0 Å². The van der Waals surface area contributed by atoms with E-state index in [0.717, 1.165) is 12.3 Å². The van der Waals surface area contributed by atoms with E-state index in [-0.39, 0.29) is 18.0 Å². The molecule has 108 valence electrons. The number of hydrogen-bond acceptors (Lipinski definition) is 7. The summed E-state index contributed by atoms with van der Waals surface area (Å²) in [5.41, 5.74) is -0.897. The van der Waals surface area contributed by atoms with Gasteiger partial charge < -0.3 is 15.2 Å². The summed E-state index contributed by atoms with van der Waals surface area (Å²) in [7, 11) is 0. The topological polar surface area (TPSA) is 132 Å². The van der Waals surface area contributed by atoms with Crippen molar-refractivity contribution in [3.05, 3.63) is 27.9 Å². The van der Waals surface area contributed by atoms with Gasteiger partial charge in [-0.1, -0.05) is 0 Å². The van der Waals surface area contributed by atoms with Crippen molar-refractivity contribution in [3.8, 4) is 0 Å². The normalized spacial score (nSPS) is 11.5. The fourth-order valence-corrected chi connectivity index (χ4v) is 1.38. The lowest BCUT2D eigenvalue weighted by Gasteiger charge is -2.11. The maximum absolute atomic E-state index is 11.6. The SMILES string of the molecule is CCOC(=O)c1ccnc(N[C@@H](C)C(=O)O)c1[N+](=O)[O-]. The van der Waals surface area contributed by atoms with Crippen LogP contribution in [0.1, 0.15) is 24.2 Å². The Bertz CT molecular complexity index is 545. The summed E-state index contributed by atoms with van der Waals surface area (Å²) >= 11 is 0. The highest BCUT2D eigenvalue weighted by molar-refractivity contribution is 5.96. The lowest BCUT2D eigenvalue weighted by Crippen LogP contribution is -2.26. The molecule has 0 spiro atoms. The molecule has 1 rings (SSSR count). The number of aromatic nitrogens is 1. The number of esters is 1. The van der Waals surface area contributed by atoms with Crippen LogP contribution >= 0.6 is 0 Å². The highest BCUT2D eigenvalue weighted by Gasteiger charge is 2.28. The molecule has 0 unspecified atom stereocenters. The fraction of sp³-hybridized carbons (Fsp3) is 0.364. The van der Waals surface area contributed by atoms with Gasteiger partial charge >= 0.3 is 17.6 Å². The first-order chi connectivity index (χ1) is 9.38. The van der Waals surface area contributed by atoms with Crippen LogP contribution in [0.3, 0.4) is 0 Å². The second kappa shape index (κ2) is 6.45.